The first-order valence-electron chi connectivity index (χ1n) is 5.33. The number of hydrogen-bond donors (Lipinski definition) is 1. The summed E-state index contributed by atoms with van der Waals surface area (Å²) < 4.78 is 13.6. The van der Waals surface area contributed by atoms with E-state index in [1.165, 1.54) is 6.07 Å². The van der Waals surface area contributed by atoms with Gasteiger partial charge in [-0.1, -0.05) is 11.6 Å². The Kier molecular flexibility index (Phi) is 3.50. The highest BCUT2D eigenvalue weighted by Crippen LogP contribution is 2.24. The molecule has 0 amide bonds. The lowest BCUT2D eigenvalue weighted by atomic mass is 10.1. The molecule has 0 saturated heterocycles. The van der Waals surface area contributed by atoms with Gasteiger partial charge in [-0.15, -0.1) is 0 Å². The maximum atomic E-state index is 13.6. The van der Waals surface area contributed by atoms with Gasteiger partial charge in [0.25, 0.3) is 0 Å². The van der Waals surface area contributed by atoms with Gasteiger partial charge in [0.2, 0.25) is 0 Å². The Morgan fingerprint density at radius 3 is 2.61 bits per heavy atom. The van der Waals surface area contributed by atoms with Crippen LogP contribution in [0.15, 0.2) is 36.4 Å². The number of halogens is 2. The highest BCUT2D eigenvalue weighted by Gasteiger charge is 2.04. The molecule has 0 saturated carbocycles. The van der Waals surface area contributed by atoms with Gasteiger partial charge >= 0.3 is 0 Å². The average molecular weight is 261 g/mol. The van der Waals surface area contributed by atoms with Crippen molar-refractivity contribution in [3.8, 4) is 6.07 Å². The first kappa shape index (κ1) is 12.4. The molecule has 0 unspecified atom stereocenters. The summed E-state index contributed by atoms with van der Waals surface area (Å²) in [6.45, 7) is 1.84. The van der Waals surface area contributed by atoms with Gasteiger partial charge in [-0.25, -0.2) is 4.39 Å². The monoisotopic (exact) mass is 260 g/mol. The molecular formula is C14H10ClFN2. The highest BCUT2D eigenvalue weighted by molar-refractivity contribution is 6.30. The zero-order chi connectivity index (χ0) is 13.1. The zero-order valence-electron chi connectivity index (χ0n) is 9.67. The largest absolute Gasteiger partial charge is 0.353 e. The van der Waals surface area contributed by atoms with Crippen LogP contribution in [0.5, 0.6) is 0 Å². The number of nitrogens with zero attached hydrogens (tertiary/aromatic N) is 1. The minimum atomic E-state index is -0.412. The van der Waals surface area contributed by atoms with Crippen LogP contribution in [-0.2, 0) is 0 Å². The fourth-order valence-corrected chi connectivity index (χ4v) is 1.77. The first-order valence-corrected chi connectivity index (χ1v) is 5.71. The highest BCUT2D eigenvalue weighted by atomic mass is 35.5. The number of rotatable bonds is 2. The summed E-state index contributed by atoms with van der Waals surface area (Å²) in [5, 5.41) is 12.1. The number of benzene rings is 2. The van der Waals surface area contributed by atoms with Gasteiger partial charge in [0.1, 0.15) is 5.82 Å². The third-order valence-corrected chi connectivity index (χ3v) is 2.79. The standard InChI is InChI=1S/C14H10ClFN2/c1-9-6-12(4-2-10(9)8-17)18-14-5-3-11(15)7-13(14)16/h2-7,18H,1H3. The molecule has 18 heavy (non-hydrogen) atoms. The third kappa shape index (κ3) is 2.61. The molecule has 1 N–H and O–H groups in total. The Balaban J connectivity index is 2.29. The molecule has 0 atom stereocenters. The molecule has 0 aromatic heterocycles. The van der Waals surface area contributed by atoms with Crippen molar-refractivity contribution in [2.24, 2.45) is 0 Å². The molecular weight excluding hydrogens is 251 g/mol. The fraction of sp³-hybridized carbons (Fsp3) is 0.0714. The lowest BCUT2D eigenvalue weighted by Gasteiger charge is -2.09. The van der Waals surface area contributed by atoms with E-state index in [-0.39, 0.29) is 0 Å². The van der Waals surface area contributed by atoms with Gasteiger partial charge < -0.3 is 5.32 Å². The summed E-state index contributed by atoms with van der Waals surface area (Å²) in [7, 11) is 0. The molecule has 2 aromatic rings. The second kappa shape index (κ2) is 5.07. The molecule has 0 bridgehead atoms. The van der Waals surface area contributed by atoms with E-state index in [1.54, 1.807) is 30.3 Å². The molecule has 4 heteroatoms. The minimum absolute atomic E-state index is 0.350. The van der Waals surface area contributed by atoms with E-state index in [1.807, 2.05) is 6.92 Å². The van der Waals surface area contributed by atoms with Crippen LogP contribution < -0.4 is 5.32 Å². The van der Waals surface area contributed by atoms with Crippen molar-refractivity contribution >= 4 is 23.0 Å². The van der Waals surface area contributed by atoms with Crippen molar-refractivity contribution in [2.45, 2.75) is 6.92 Å². The number of nitrogens with one attached hydrogen (secondary N) is 1. The van der Waals surface area contributed by atoms with Crippen LogP contribution in [0.2, 0.25) is 5.02 Å². The second-order valence-corrected chi connectivity index (χ2v) is 4.33. The fourth-order valence-electron chi connectivity index (χ4n) is 1.61. The van der Waals surface area contributed by atoms with Gasteiger partial charge in [0.05, 0.1) is 17.3 Å². The summed E-state index contributed by atoms with van der Waals surface area (Å²) >= 11 is 5.68. The third-order valence-electron chi connectivity index (χ3n) is 2.56. The van der Waals surface area contributed by atoms with E-state index in [2.05, 4.69) is 11.4 Å². The van der Waals surface area contributed by atoms with Crippen molar-refractivity contribution < 1.29 is 4.39 Å². The first-order chi connectivity index (χ1) is 8.60. The molecule has 0 aliphatic carbocycles. The summed E-state index contributed by atoms with van der Waals surface area (Å²) in [6.07, 6.45) is 0. The summed E-state index contributed by atoms with van der Waals surface area (Å²) in [5.41, 5.74) is 2.53. The molecule has 0 spiro atoms. The maximum Gasteiger partial charge on any atom is 0.148 e. The van der Waals surface area contributed by atoms with E-state index >= 15 is 0 Å². The van der Waals surface area contributed by atoms with Gasteiger partial charge in [-0.05, 0) is 48.9 Å². The molecule has 0 heterocycles. The van der Waals surface area contributed by atoms with Gasteiger partial charge in [0, 0.05) is 10.7 Å². The predicted molar refractivity (Wildman–Crippen MR) is 70.6 cm³/mol. The lowest BCUT2D eigenvalue weighted by Crippen LogP contribution is -1.95. The van der Waals surface area contributed by atoms with Crippen molar-refractivity contribution in [1.29, 1.82) is 5.26 Å². The smallest absolute Gasteiger partial charge is 0.148 e. The van der Waals surface area contributed by atoms with Gasteiger partial charge in [0.15, 0.2) is 0 Å². The molecule has 90 valence electrons. The Morgan fingerprint density at radius 2 is 2.00 bits per heavy atom. The predicted octanol–water partition coefficient (Wildman–Crippen LogP) is 4.40. The number of nitriles is 1. The Hall–Kier alpha value is -2.05. The number of aryl methyl sites for hydroxylation is 1. The van der Waals surface area contributed by atoms with E-state index < -0.39 is 5.82 Å². The minimum Gasteiger partial charge on any atom is -0.353 e. The number of anilines is 2. The normalized spacial score (nSPS) is 9.89. The van der Waals surface area contributed by atoms with Crippen molar-refractivity contribution in [3.05, 3.63) is 58.4 Å². The van der Waals surface area contributed by atoms with E-state index in [0.29, 0.717) is 16.3 Å². The van der Waals surface area contributed by atoms with Gasteiger partial charge in [-0.3, -0.25) is 0 Å². The maximum absolute atomic E-state index is 13.6. The summed E-state index contributed by atoms with van der Waals surface area (Å²) in [5.74, 6) is -0.412. The summed E-state index contributed by atoms with van der Waals surface area (Å²) in [6, 6.07) is 11.8. The van der Waals surface area contributed by atoms with Gasteiger partial charge in [-0.2, -0.15) is 5.26 Å². The van der Waals surface area contributed by atoms with Crippen LogP contribution >= 0.6 is 11.6 Å². The topological polar surface area (TPSA) is 35.8 Å². The van der Waals surface area contributed by atoms with Crippen molar-refractivity contribution in [3.63, 3.8) is 0 Å². The van der Waals surface area contributed by atoms with E-state index in [9.17, 15) is 4.39 Å². The van der Waals surface area contributed by atoms with Crippen LogP contribution in [0.4, 0.5) is 15.8 Å². The number of hydrogen-bond acceptors (Lipinski definition) is 2. The van der Waals surface area contributed by atoms with Crippen LogP contribution in [0.1, 0.15) is 11.1 Å². The van der Waals surface area contributed by atoms with Crippen LogP contribution in [0.3, 0.4) is 0 Å². The Morgan fingerprint density at radius 1 is 1.22 bits per heavy atom. The van der Waals surface area contributed by atoms with E-state index in [4.69, 9.17) is 16.9 Å². The lowest BCUT2D eigenvalue weighted by molar-refractivity contribution is 0.632. The summed E-state index contributed by atoms with van der Waals surface area (Å²) in [4.78, 5) is 0. The van der Waals surface area contributed by atoms with Crippen LogP contribution in [0, 0.1) is 24.1 Å². The van der Waals surface area contributed by atoms with Crippen molar-refractivity contribution in [2.75, 3.05) is 5.32 Å². The molecule has 0 fully saturated rings. The average Bonchev–Trinajstić information content (AvgIpc) is 2.33. The SMILES string of the molecule is Cc1cc(Nc2ccc(Cl)cc2F)ccc1C#N. The molecule has 2 rings (SSSR count). The van der Waals surface area contributed by atoms with Crippen molar-refractivity contribution in [1.82, 2.24) is 0 Å². The molecule has 2 aromatic carbocycles. The molecule has 0 radical (unpaired) electrons. The zero-order valence-corrected chi connectivity index (χ0v) is 10.4. The van der Waals surface area contributed by atoms with E-state index in [0.717, 1.165) is 11.3 Å². The molecule has 2 nitrogen and oxygen atoms in total. The second-order valence-electron chi connectivity index (χ2n) is 3.89. The quantitative estimate of drug-likeness (QED) is 0.869. The molecule has 0 aliphatic rings. The van der Waals surface area contributed by atoms with Crippen LogP contribution in [0.25, 0.3) is 0 Å². The Labute approximate surface area is 110 Å². The molecule has 0 aliphatic heterocycles. The Bertz CT molecular complexity index is 632. The van der Waals surface area contributed by atoms with Crippen LogP contribution in [-0.4, -0.2) is 0 Å².